The summed E-state index contributed by atoms with van der Waals surface area (Å²) in [5, 5.41) is 0. The van der Waals surface area contributed by atoms with Crippen LogP contribution in [0, 0.1) is 5.82 Å². The van der Waals surface area contributed by atoms with Gasteiger partial charge < -0.3 is 9.31 Å². The monoisotopic (exact) mass is 290 g/mol. The van der Waals surface area contributed by atoms with Gasteiger partial charge in [-0.2, -0.15) is 13.2 Å². The van der Waals surface area contributed by atoms with Gasteiger partial charge in [0.1, 0.15) is 5.82 Å². The highest BCUT2D eigenvalue weighted by Gasteiger charge is 2.52. The van der Waals surface area contributed by atoms with Crippen molar-refractivity contribution in [2.45, 2.75) is 45.1 Å². The lowest BCUT2D eigenvalue weighted by Crippen LogP contribution is -2.41. The second-order valence-corrected chi connectivity index (χ2v) is 5.83. The third-order valence-electron chi connectivity index (χ3n) is 3.82. The Morgan fingerprint density at radius 1 is 1.00 bits per heavy atom. The minimum absolute atomic E-state index is 0.231. The molecular formula is C13H15BF4O2. The first kappa shape index (κ1) is 15.3. The average molecular weight is 290 g/mol. The number of halogens is 4. The molecule has 0 atom stereocenters. The van der Waals surface area contributed by atoms with E-state index in [0.29, 0.717) is 6.07 Å². The second kappa shape index (κ2) is 4.46. The summed E-state index contributed by atoms with van der Waals surface area (Å²) in [6.07, 6.45) is -4.71. The van der Waals surface area contributed by atoms with E-state index in [9.17, 15) is 17.6 Å². The molecule has 1 fully saturated rings. The molecular weight excluding hydrogens is 275 g/mol. The SMILES string of the molecule is CC1(C)OB(c2ccc(C(F)(F)F)c(F)c2)OC1(C)C. The summed E-state index contributed by atoms with van der Waals surface area (Å²) in [6, 6.07) is 2.69. The van der Waals surface area contributed by atoms with E-state index in [1.54, 1.807) is 0 Å². The number of benzene rings is 1. The quantitative estimate of drug-likeness (QED) is 0.584. The Bertz CT molecular complexity index is 510. The highest BCUT2D eigenvalue weighted by molar-refractivity contribution is 6.62. The van der Waals surface area contributed by atoms with Gasteiger partial charge in [-0.3, -0.25) is 0 Å². The van der Waals surface area contributed by atoms with Gasteiger partial charge in [0.25, 0.3) is 0 Å². The highest BCUT2D eigenvalue weighted by atomic mass is 19.4. The van der Waals surface area contributed by atoms with Gasteiger partial charge in [-0.25, -0.2) is 4.39 Å². The van der Waals surface area contributed by atoms with Gasteiger partial charge in [-0.1, -0.05) is 6.07 Å². The minimum Gasteiger partial charge on any atom is -0.399 e. The molecule has 0 N–H and O–H groups in total. The van der Waals surface area contributed by atoms with Crippen LogP contribution in [0.5, 0.6) is 0 Å². The van der Waals surface area contributed by atoms with E-state index < -0.39 is 35.9 Å². The Hall–Kier alpha value is -1.08. The summed E-state index contributed by atoms with van der Waals surface area (Å²) < 4.78 is 62.4. The average Bonchev–Trinajstić information content (AvgIpc) is 2.46. The van der Waals surface area contributed by atoms with E-state index in [1.165, 1.54) is 6.07 Å². The van der Waals surface area contributed by atoms with Gasteiger partial charge in [0.2, 0.25) is 0 Å². The maximum Gasteiger partial charge on any atom is 0.494 e. The molecule has 1 aromatic carbocycles. The predicted octanol–water partition coefficient (Wildman–Crippen LogP) is 3.14. The van der Waals surface area contributed by atoms with Gasteiger partial charge in [0.05, 0.1) is 16.8 Å². The van der Waals surface area contributed by atoms with Crippen LogP contribution < -0.4 is 5.46 Å². The van der Waals surface area contributed by atoms with Gasteiger partial charge in [0, 0.05) is 0 Å². The Morgan fingerprint density at radius 3 is 1.90 bits per heavy atom. The van der Waals surface area contributed by atoms with Crippen LogP contribution in [0.25, 0.3) is 0 Å². The van der Waals surface area contributed by atoms with E-state index in [4.69, 9.17) is 9.31 Å². The molecule has 2 nitrogen and oxygen atoms in total. The van der Waals surface area contributed by atoms with Crippen molar-refractivity contribution in [1.82, 2.24) is 0 Å². The van der Waals surface area contributed by atoms with Gasteiger partial charge in [0.15, 0.2) is 0 Å². The highest BCUT2D eigenvalue weighted by Crippen LogP contribution is 2.37. The Labute approximate surface area is 115 Å². The topological polar surface area (TPSA) is 18.5 Å². The van der Waals surface area contributed by atoms with Crippen molar-refractivity contribution >= 4 is 12.6 Å². The summed E-state index contributed by atoms with van der Waals surface area (Å²) in [6.45, 7) is 7.25. The van der Waals surface area contributed by atoms with Crippen molar-refractivity contribution in [1.29, 1.82) is 0 Å². The van der Waals surface area contributed by atoms with E-state index in [-0.39, 0.29) is 5.46 Å². The number of hydrogen-bond acceptors (Lipinski definition) is 2. The van der Waals surface area contributed by atoms with Gasteiger partial charge in [-0.05, 0) is 45.3 Å². The zero-order valence-corrected chi connectivity index (χ0v) is 11.6. The molecule has 0 spiro atoms. The first-order chi connectivity index (χ1) is 8.94. The predicted molar refractivity (Wildman–Crippen MR) is 67.1 cm³/mol. The van der Waals surface area contributed by atoms with Crippen molar-refractivity contribution in [2.24, 2.45) is 0 Å². The van der Waals surface area contributed by atoms with Crippen LogP contribution in [0.4, 0.5) is 17.6 Å². The Morgan fingerprint density at radius 2 is 1.50 bits per heavy atom. The fourth-order valence-electron chi connectivity index (χ4n) is 1.89. The first-order valence-corrected chi connectivity index (χ1v) is 6.16. The fraction of sp³-hybridized carbons (Fsp3) is 0.538. The lowest BCUT2D eigenvalue weighted by molar-refractivity contribution is -0.139. The minimum atomic E-state index is -4.71. The standard InChI is InChI=1S/C13H15BF4O2/c1-11(2)12(3,4)20-14(19-11)8-5-6-9(10(15)7-8)13(16,17)18/h5-7H,1-4H3. The van der Waals surface area contributed by atoms with E-state index in [0.717, 1.165) is 6.07 Å². The number of rotatable bonds is 1. The van der Waals surface area contributed by atoms with Crippen molar-refractivity contribution in [3.05, 3.63) is 29.6 Å². The maximum atomic E-state index is 13.6. The molecule has 1 saturated heterocycles. The Kier molecular flexibility index (Phi) is 3.42. The number of alkyl halides is 3. The van der Waals surface area contributed by atoms with Crippen LogP contribution >= 0.6 is 0 Å². The van der Waals surface area contributed by atoms with Crippen molar-refractivity contribution in [3.63, 3.8) is 0 Å². The second-order valence-electron chi connectivity index (χ2n) is 5.83. The summed E-state index contributed by atoms with van der Waals surface area (Å²) in [5.41, 5.74) is -2.32. The normalized spacial score (nSPS) is 21.3. The zero-order chi connectivity index (χ0) is 15.3. The smallest absolute Gasteiger partial charge is 0.399 e. The molecule has 110 valence electrons. The fourth-order valence-corrected chi connectivity index (χ4v) is 1.89. The Balaban J connectivity index is 2.31. The molecule has 0 aliphatic carbocycles. The van der Waals surface area contributed by atoms with Crippen LogP contribution in [0.1, 0.15) is 33.3 Å². The van der Waals surface area contributed by atoms with Gasteiger partial charge >= 0.3 is 13.3 Å². The first-order valence-electron chi connectivity index (χ1n) is 6.16. The molecule has 1 aliphatic rings. The third kappa shape index (κ3) is 2.56. The summed E-state index contributed by atoms with van der Waals surface area (Å²) in [7, 11) is -0.878. The molecule has 0 bridgehead atoms. The maximum absolute atomic E-state index is 13.6. The lowest BCUT2D eigenvalue weighted by Gasteiger charge is -2.32. The molecule has 0 amide bonds. The van der Waals surface area contributed by atoms with Gasteiger partial charge in [-0.15, -0.1) is 0 Å². The summed E-state index contributed by atoms with van der Waals surface area (Å²) >= 11 is 0. The molecule has 2 rings (SSSR count). The van der Waals surface area contributed by atoms with Crippen molar-refractivity contribution < 1.29 is 26.9 Å². The molecule has 1 aromatic rings. The lowest BCUT2D eigenvalue weighted by atomic mass is 9.78. The largest absolute Gasteiger partial charge is 0.494 e. The summed E-state index contributed by atoms with van der Waals surface area (Å²) in [5.74, 6) is -1.33. The third-order valence-corrected chi connectivity index (χ3v) is 3.82. The van der Waals surface area contributed by atoms with E-state index in [1.807, 2.05) is 27.7 Å². The molecule has 0 unspecified atom stereocenters. The van der Waals surface area contributed by atoms with Crippen LogP contribution in [0.2, 0.25) is 0 Å². The zero-order valence-electron chi connectivity index (χ0n) is 11.6. The van der Waals surface area contributed by atoms with Crippen molar-refractivity contribution in [3.8, 4) is 0 Å². The molecule has 20 heavy (non-hydrogen) atoms. The van der Waals surface area contributed by atoms with E-state index in [2.05, 4.69) is 0 Å². The van der Waals surface area contributed by atoms with Crippen LogP contribution in [-0.2, 0) is 15.5 Å². The molecule has 0 aromatic heterocycles. The molecule has 0 radical (unpaired) electrons. The summed E-state index contributed by atoms with van der Waals surface area (Å²) in [4.78, 5) is 0. The van der Waals surface area contributed by atoms with E-state index >= 15 is 0 Å². The van der Waals surface area contributed by atoms with Crippen LogP contribution in [0.15, 0.2) is 18.2 Å². The molecule has 1 heterocycles. The number of hydrogen-bond donors (Lipinski definition) is 0. The van der Waals surface area contributed by atoms with Crippen LogP contribution in [0.3, 0.4) is 0 Å². The van der Waals surface area contributed by atoms with Crippen LogP contribution in [-0.4, -0.2) is 18.3 Å². The molecule has 7 heteroatoms. The molecule has 1 aliphatic heterocycles. The molecule has 0 saturated carbocycles. The van der Waals surface area contributed by atoms with Crippen molar-refractivity contribution in [2.75, 3.05) is 0 Å².